The van der Waals surface area contributed by atoms with Crippen LogP contribution in [0.5, 0.6) is 5.75 Å². The highest BCUT2D eigenvalue weighted by Crippen LogP contribution is 2.08. The van der Waals surface area contributed by atoms with Crippen molar-refractivity contribution in [3.63, 3.8) is 0 Å². The number of ether oxygens (including phenoxy) is 1. The molecule has 0 saturated carbocycles. The molecule has 0 spiro atoms. The second-order valence-electron chi connectivity index (χ2n) is 6.60. The topological polar surface area (TPSA) is 109 Å². The molecule has 0 aromatic heterocycles. The van der Waals surface area contributed by atoms with Gasteiger partial charge in [-0.2, -0.15) is 0 Å². The lowest BCUT2D eigenvalue weighted by Crippen LogP contribution is -2.40. The smallest absolute Gasteiger partial charge is 0.251 e. The first kappa shape index (κ1) is 26.2. The molecule has 9 heteroatoms. The molecule has 0 saturated heterocycles. The second kappa shape index (κ2) is 14.2. The Morgan fingerprint density at radius 2 is 1.74 bits per heavy atom. The zero-order valence-electron chi connectivity index (χ0n) is 17.8. The van der Waals surface area contributed by atoms with Crippen LogP contribution in [0.25, 0.3) is 0 Å². The summed E-state index contributed by atoms with van der Waals surface area (Å²) in [6.45, 7) is 4.28. The van der Waals surface area contributed by atoms with Gasteiger partial charge in [-0.1, -0.05) is 30.3 Å². The van der Waals surface area contributed by atoms with E-state index in [4.69, 9.17) is 10.5 Å². The van der Waals surface area contributed by atoms with Gasteiger partial charge in [0.05, 0.1) is 19.6 Å². The van der Waals surface area contributed by atoms with Crippen molar-refractivity contribution in [2.75, 3.05) is 33.3 Å². The van der Waals surface area contributed by atoms with E-state index in [9.17, 15) is 9.59 Å². The predicted octanol–water partition coefficient (Wildman–Crippen LogP) is 2.00. The first-order valence-corrected chi connectivity index (χ1v) is 9.82. The lowest BCUT2D eigenvalue weighted by atomic mass is 10.1. The van der Waals surface area contributed by atoms with Crippen molar-refractivity contribution in [3.8, 4) is 5.75 Å². The molecular weight excluding hydrogens is 509 g/mol. The van der Waals surface area contributed by atoms with Crippen LogP contribution in [0.4, 0.5) is 0 Å². The van der Waals surface area contributed by atoms with Crippen LogP contribution in [0.3, 0.4) is 0 Å². The number of nitrogens with zero attached hydrogens (tertiary/aromatic N) is 2. The monoisotopic (exact) mass is 539 g/mol. The molecule has 0 aliphatic rings. The normalized spacial score (nSPS) is 10.6. The molecule has 168 valence electrons. The van der Waals surface area contributed by atoms with Gasteiger partial charge in [-0.15, -0.1) is 24.0 Å². The van der Waals surface area contributed by atoms with Crippen molar-refractivity contribution in [1.82, 2.24) is 15.5 Å². The van der Waals surface area contributed by atoms with Gasteiger partial charge in [-0.25, -0.2) is 4.99 Å². The van der Waals surface area contributed by atoms with Gasteiger partial charge in [0.15, 0.2) is 5.96 Å². The maximum atomic E-state index is 11.9. The van der Waals surface area contributed by atoms with Gasteiger partial charge < -0.3 is 26.0 Å². The Balaban J connectivity index is 0.00000480. The Kier molecular flexibility index (Phi) is 12.0. The minimum absolute atomic E-state index is 0. The number of para-hydroxylation sites is 1. The van der Waals surface area contributed by atoms with Crippen molar-refractivity contribution in [3.05, 3.63) is 65.7 Å². The Labute approximate surface area is 200 Å². The number of benzene rings is 2. The lowest BCUT2D eigenvalue weighted by Gasteiger charge is -2.22. The number of carbonyl (C=O) groups excluding carboxylic acids is 2. The average molecular weight is 539 g/mol. The van der Waals surface area contributed by atoms with E-state index in [0.717, 1.165) is 23.8 Å². The Bertz CT molecular complexity index is 844. The summed E-state index contributed by atoms with van der Waals surface area (Å²) in [7, 11) is 1.96. The van der Waals surface area contributed by atoms with E-state index in [1.165, 1.54) is 0 Å². The Morgan fingerprint density at radius 1 is 1.06 bits per heavy atom. The van der Waals surface area contributed by atoms with Crippen molar-refractivity contribution >= 4 is 41.8 Å². The summed E-state index contributed by atoms with van der Waals surface area (Å²) in [4.78, 5) is 29.4. The van der Waals surface area contributed by atoms with Crippen LogP contribution in [0.1, 0.15) is 22.8 Å². The summed E-state index contributed by atoms with van der Waals surface area (Å²) in [6, 6.07) is 16.8. The molecule has 2 aromatic rings. The van der Waals surface area contributed by atoms with Crippen molar-refractivity contribution < 1.29 is 14.3 Å². The number of nitrogens with two attached hydrogens (primary N) is 1. The molecule has 2 amide bonds. The van der Waals surface area contributed by atoms with Crippen molar-refractivity contribution in [1.29, 1.82) is 0 Å². The van der Waals surface area contributed by atoms with Gasteiger partial charge in [-0.3, -0.25) is 9.59 Å². The van der Waals surface area contributed by atoms with E-state index >= 15 is 0 Å². The number of amides is 2. The molecule has 0 aliphatic carbocycles. The zero-order chi connectivity index (χ0) is 21.8. The molecule has 0 aliphatic heterocycles. The standard InChI is InChI=1S/C22H29N5O3.HI/c1-3-24-22(27(2)13-14-30-19-7-5-4-6-8-19)26-15-17-9-11-18(12-10-17)21(29)25-16-20(23)28;/h4-12H,3,13-16H2,1-2H3,(H2,23,28)(H,24,26)(H,25,29);1H. The molecule has 0 heterocycles. The van der Waals surface area contributed by atoms with E-state index in [0.29, 0.717) is 25.3 Å². The molecule has 31 heavy (non-hydrogen) atoms. The largest absolute Gasteiger partial charge is 0.492 e. The Morgan fingerprint density at radius 3 is 2.35 bits per heavy atom. The molecule has 4 N–H and O–H groups in total. The fourth-order valence-corrected chi connectivity index (χ4v) is 2.59. The minimum atomic E-state index is -0.580. The fourth-order valence-electron chi connectivity index (χ4n) is 2.59. The minimum Gasteiger partial charge on any atom is -0.492 e. The summed E-state index contributed by atoms with van der Waals surface area (Å²) in [5, 5.41) is 5.73. The molecule has 2 aromatic carbocycles. The maximum absolute atomic E-state index is 11.9. The molecule has 0 atom stereocenters. The highest BCUT2D eigenvalue weighted by Gasteiger charge is 2.08. The average Bonchev–Trinajstić information content (AvgIpc) is 2.76. The first-order valence-electron chi connectivity index (χ1n) is 9.82. The predicted molar refractivity (Wildman–Crippen MR) is 133 cm³/mol. The third kappa shape index (κ3) is 9.69. The quantitative estimate of drug-likeness (QED) is 0.243. The molecule has 0 radical (unpaired) electrons. The maximum Gasteiger partial charge on any atom is 0.251 e. The highest BCUT2D eigenvalue weighted by atomic mass is 127. The molecule has 2 rings (SSSR count). The molecule has 0 fully saturated rings. The number of hydrogen-bond donors (Lipinski definition) is 3. The number of primary amides is 1. The third-order valence-electron chi connectivity index (χ3n) is 4.19. The van der Waals surface area contributed by atoms with E-state index in [-0.39, 0.29) is 36.4 Å². The number of carbonyl (C=O) groups is 2. The number of rotatable bonds is 10. The van der Waals surface area contributed by atoms with Crippen molar-refractivity contribution in [2.45, 2.75) is 13.5 Å². The highest BCUT2D eigenvalue weighted by molar-refractivity contribution is 14.0. The number of likely N-dealkylation sites (N-methyl/N-ethyl adjacent to an activating group) is 1. The summed E-state index contributed by atoms with van der Waals surface area (Å²) in [6.07, 6.45) is 0. The molecule has 0 bridgehead atoms. The number of hydrogen-bond acceptors (Lipinski definition) is 4. The summed E-state index contributed by atoms with van der Waals surface area (Å²) < 4.78 is 5.75. The number of guanidine groups is 1. The van der Waals surface area contributed by atoms with Crippen LogP contribution in [0.15, 0.2) is 59.6 Å². The molecule has 0 unspecified atom stereocenters. The second-order valence-corrected chi connectivity index (χ2v) is 6.60. The van der Waals surface area contributed by atoms with Gasteiger partial charge in [0.25, 0.3) is 5.91 Å². The molecular formula is C22H30IN5O3. The van der Waals surface area contributed by atoms with Crippen LogP contribution in [-0.4, -0.2) is 56.0 Å². The first-order chi connectivity index (χ1) is 14.5. The van der Waals surface area contributed by atoms with Gasteiger partial charge in [0, 0.05) is 19.2 Å². The van der Waals surface area contributed by atoms with Gasteiger partial charge in [-0.05, 0) is 36.8 Å². The van der Waals surface area contributed by atoms with Crippen molar-refractivity contribution in [2.24, 2.45) is 10.7 Å². The molecule has 8 nitrogen and oxygen atoms in total. The summed E-state index contributed by atoms with van der Waals surface area (Å²) >= 11 is 0. The van der Waals surface area contributed by atoms with E-state index < -0.39 is 5.91 Å². The van der Waals surface area contributed by atoms with Crippen LogP contribution >= 0.6 is 24.0 Å². The van der Waals surface area contributed by atoms with E-state index in [1.807, 2.05) is 61.3 Å². The van der Waals surface area contributed by atoms with Gasteiger partial charge in [0.2, 0.25) is 5.91 Å². The number of halogens is 1. The zero-order valence-corrected chi connectivity index (χ0v) is 20.2. The lowest BCUT2D eigenvalue weighted by molar-refractivity contribution is -0.117. The van der Waals surface area contributed by atoms with Gasteiger partial charge >= 0.3 is 0 Å². The van der Waals surface area contributed by atoms with Crippen LogP contribution in [-0.2, 0) is 11.3 Å². The number of nitrogens with one attached hydrogen (secondary N) is 2. The third-order valence-corrected chi connectivity index (χ3v) is 4.19. The summed E-state index contributed by atoms with van der Waals surface area (Å²) in [5.74, 6) is 0.698. The van der Waals surface area contributed by atoms with Crippen LogP contribution < -0.4 is 21.1 Å². The SMILES string of the molecule is CCNC(=NCc1ccc(C(=O)NCC(N)=O)cc1)N(C)CCOc1ccccc1.I. The van der Waals surface area contributed by atoms with Crippen LogP contribution in [0.2, 0.25) is 0 Å². The van der Waals surface area contributed by atoms with Gasteiger partial charge in [0.1, 0.15) is 12.4 Å². The Hall–Kier alpha value is -2.82. The van der Waals surface area contributed by atoms with Crippen LogP contribution in [0, 0.1) is 0 Å². The summed E-state index contributed by atoms with van der Waals surface area (Å²) in [5.41, 5.74) is 6.46. The van der Waals surface area contributed by atoms with E-state index in [1.54, 1.807) is 12.1 Å². The number of aliphatic imine (C=N–C) groups is 1. The fraction of sp³-hybridized carbons (Fsp3) is 0.318. The van der Waals surface area contributed by atoms with E-state index in [2.05, 4.69) is 15.6 Å².